The van der Waals surface area contributed by atoms with Gasteiger partial charge in [-0.25, -0.2) is 9.78 Å². The molecule has 0 spiro atoms. The van der Waals surface area contributed by atoms with Gasteiger partial charge in [-0.1, -0.05) is 0 Å². The quantitative estimate of drug-likeness (QED) is 0.815. The number of nitrogens with one attached hydrogen (secondary N) is 3. The first-order valence-corrected chi connectivity index (χ1v) is 8.27. The van der Waals surface area contributed by atoms with Crippen LogP contribution in [0.4, 0.5) is 10.6 Å². The standard InChI is InChI=1S/C17H25N5O/c1-11(2)19-17(23)21-15-5-4-14-16(20-15)13(10-18-14)12-6-8-22(3)9-7-12/h4-5,10-12,18H,6-9H2,1-3H3,(H2,19,20,21,23). The number of hydrogen-bond donors (Lipinski definition) is 3. The smallest absolute Gasteiger partial charge is 0.320 e. The molecule has 1 aliphatic heterocycles. The summed E-state index contributed by atoms with van der Waals surface area (Å²) in [5.74, 6) is 1.12. The summed E-state index contributed by atoms with van der Waals surface area (Å²) in [6.07, 6.45) is 4.37. The molecule has 124 valence electrons. The number of piperidine rings is 1. The summed E-state index contributed by atoms with van der Waals surface area (Å²) in [5, 5.41) is 5.62. The first-order chi connectivity index (χ1) is 11.0. The molecule has 1 aliphatic rings. The van der Waals surface area contributed by atoms with Gasteiger partial charge >= 0.3 is 6.03 Å². The van der Waals surface area contributed by atoms with Crippen molar-refractivity contribution in [2.45, 2.75) is 38.6 Å². The third-order valence-corrected chi connectivity index (χ3v) is 4.37. The lowest BCUT2D eigenvalue weighted by molar-refractivity contribution is 0.250. The molecule has 0 bridgehead atoms. The van der Waals surface area contributed by atoms with Crippen LogP contribution in [0.3, 0.4) is 0 Å². The number of carbonyl (C=O) groups is 1. The molecule has 0 radical (unpaired) electrons. The Bertz CT molecular complexity index is 685. The fourth-order valence-electron chi connectivity index (χ4n) is 3.13. The molecule has 0 aromatic carbocycles. The third kappa shape index (κ3) is 3.64. The Kier molecular flexibility index (Phi) is 4.52. The van der Waals surface area contributed by atoms with Gasteiger partial charge in [0.1, 0.15) is 5.82 Å². The second kappa shape index (κ2) is 6.58. The number of anilines is 1. The highest BCUT2D eigenvalue weighted by molar-refractivity contribution is 5.90. The molecule has 2 aromatic heterocycles. The number of hydrogen-bond acceptors (Lipinski definition) is 3. The average Bonchev–Trinajstić information content (AvgIpc) is 2.90. The predicted octanol–water partition coefficient (Wildman–Crippen LogP) is 2.90. The number of aromatic nitrogens is 2. The number of nitrogens with zero attached hydrogens (tertiary/aromatic N) is 2. The average molecular weight is 315 g/mol. The molecule has 2 amide bonds. The maximum atomic E-state index is 11.8. The van der Waals surface area contributed by atoms with Gasteiger partial charge in [-0.05, 0) is 70.4 Å². The highest BCUT2D eigenvalue weighted by Gasteiger charge is 2.22. The number of fused-ring (bicyclic) bond motifs is 1. The van der Waals surface area contributed by atoms with Crippen molar-refractivity contribution in [2.24, 2.45) is 0 Å². The van der Waals surface area contributed by atoms with E-state index in [1.165, 1.54) is 5.56 Å². The highest BCUT2D eigenvalue weighted by atomic mass is 16.2. The molecular weight excluding hydrogens is 290 g/mol. The molecule has 6 heteroatoms. The minimum Gasteiger partial charge on any atom is -0.360 e. The van der Waals surface area contributed by atoms with Crippen LogP contribution in [0.15, 0.2) is 18.3 Å². The van der Waals surface area contributed by atoms with E-state index in [1.54, 1.807) is 0 Å². The molecule has 3 N–H and O–H groups in total. The fourth-order valence-corrected chi connectivity index (χ4v) is 3.13. The van der Waals surface area contributed by atoms with Crippen molar-refractivity contribution in [3.63, 3.8) is 0 Å². The van der Waals surface area contributed by atoms with Crippen molar-refractivity contribution in [3.05, 3.63) is 23.9 Å². The topological polar surface area (TPSA) is 73.1 Å². The Morgan fingerprint density at radius 1 is 1.35 bits per heavy atom. The molecule has 6 nitrogen and oxygen atoms in total. The number of likely N-dealkylation sites (tertiary alicyclic amines) is 1. The summed E-state index contributed by atoms with van der Waals surface area (Å²) >= 11 is 0. The largest absolute Gasteiger partial charge is 0.360 e. The van der Waals surface area contributed by atoms with E-state index in [9.17, 15) is 4.79 Å². The molecule has 0 saturated carbocycles. The molecule has 3 rings (SSSR count). The van der Waals surface area contributed by atoms with E-state index in [2.05, 4.69) is 38.7 Å². The second-order valence-electron chi connectivity index (χ2n) is 6.67. The maximum Gasteiger partial charge on any atom is 0.320 e. The molecule has 0 unspecified atom stereocenters. The summed E-state index contributed by atoms with van der Waals surface area (Å²) < 4.78 is 0. The van der Waals surface area contributed by atoms with Gasteiger partial charge in [0.15, 0.2) is 0 Å². The van der Waals surface area contributed by atoms with Gasteiger partial charge < -0.3 is 15.2 Å². The summed E-state index contributed by atoms with van der Waals surface area (Å²) in [6, 6.07) is 3.69. The first-order valence-electron chi connectivity index (χ1n) is 8.27. The highest BCUT2D eigenvalue weighted by Crippen LogP contribution is 2.32. The number of rotatable bonds is 3. The Hall–Kier alpha value is -2.08. The van der Waals surface area contributed by atoms with Crippen molar-refractivity contribution in [1.29, 1.82) is 0 Å². The van der Waals surface area contributed by atoms with Crippen molar-refractivity contribution < 1.29 is 4.79 Å². The molecule has 1 saturated heterocycles. The third-order valence-electron chi connectivity index (χ3n) is 4.37. The lowest BCUT2D eigenvalue weighted by atomic mass is 9.91. The number of amides is 2. The zero-order valence-electron chi connectivity index (χ0n) is 14.0. The van der Waals surface area contributed by atoms with E-state index >= 15 is 0 Å². The van der Waals surface area contributed by atoms with Gasteiger partial charge in [0.05, 0.1) is 11.0 Å². The van der Waals surface area contributed by atoms with Crippen molar-refractivity contribution in [2.75, 3.05) is 25.5 Å². The van der Waals surface area contributed by atoms with Crippen LogP contribution in [0, 0.1) is 0 Å². The minimum absolute atomic E-state index is 0.0979. The monoisotopic (exact) mass is 315 g/mol. The van der Waals surface area contributed by atoms with Crippen LogP contribution in [0.25, 0.3) is 11.0 Å². The molecule has 0 atom stereocenters. The summed E-state index contributed by atoms with van der Waals surface area (Å²) in [6.45, 7) is 6.10. The van der Waals surface area contributed by atoms with Gasteiger partial charge in [-0.2, -0.15) is 0 Å². The Labute approximate surface area is 136 Å². The van der Waals surface area contributed by atoms with Crippen LogP contribution in [-0.4, -0.2) is 47.1 Å². The number of urea groups is 1. The van der Waals surface area contributed by atoms with Crippen molar-refractivity contribution >= 4 is 22.9 Å². The van der Waals surface area contributed by atoms with E-state index in [1.807, 2.05) is 26.0 Å². The van der Waals surface area contributed by atoms with Gasteiger partial charge in [0, 0.05) is 12.2 Å². The molecule has 0 aliphatic carbocycles. The predicted molar refractivity (Wildman–Crippen MR) is 92.9 cm³/mol. The van der Waals surface area contributed by atoms with E-state index in [-0.39, 0.29) is 12.1 Å². The van der Waals surface area contributed by atoms with Crippen molar-refractivity contribution in [1.82, 2.24) is 20.2 Å². The first kappa shape index (κ1) is 15.8. The minimum atomic E-state index is -0.219. The normalized spacial score (nSPS) is 16.9. The van der Waals surface area contributed by atoms with Crippen LogP contribution in [0.1, 0.15) is 38.2 Å². The molecule has 2 aromatic rings. The molecule has 1 fully saturated rings. The maximum absolute atomic E-state index is 11.8. The zero-order valence-corrected chi connectivity index (χ0v) is 14.0. The van der Waals surface area contributed by atoms with E-state index in [4.69, 9.17) is 0 Å². The number of carbonyl (C=O) groups excluding carboxylic acids is 1. The Morgan fingerprint density at radius 2 is 2.09 bits per heavy atom. The SMILES string of the molecule is CC(C)NC(=O)Nc1ccc2[nH]cc(C3CCN(C)CC3)c2n1. The van der Waals surface area contributed by atoms with E-state index < -0.39 is 0 Å². The lowest BCUT2D eigenvalue weighted by Gasteiger charge is -2.28. The van der Waals surface area contributed by atoms with Gasteiger partial charge in [0.25, 0.3) is 0 Å². The number of pyridine rings is 1. The van der Waals surface area contributed by atoms with Crippen LogP contribution in [0.5, 0.6) is 0 Å². The number of H-pyrrole nitrogens is 1. The summed E-state index contributed by atoms with van der Waals surface area (Å²) in [4.78, 5) is 22.2. The van der Waals surface area contributed by atoms with Crippen LogP contribution < -0.4 is 10.6 Å². The van der Waals surface area contributed by atoms with Gasteiger partial charge in [-0.3, -0.25) is 5.32 Å². The second-order valence-corrected chi connectivity index (χ2v) is 6.67. The zero-order chi connectivity index (χ0) is 16.4. The molecule has 23 heavy (non-hydrogen) atoms. The summed E-state index contributed by atoms with van der Waals surface area (Å²) in [7, 11) is 2.17. The van der Waals surface area contributed by atoms with Gasteiger partial charge in [-0.15, -0.1) is 0 Å². The van der Waals surface area contributed by atoms with Crippen LogP contribution in [0.2, 0.25) is 0 Å². The summed E-state index contributed by atoms with van der Waals surface area (Å²) in [5.41, 5.74) is 3.26. The Balaban J connectivity index is 1.81. The van der Waals surface area contributed by atoms with Gasteiger partial charge in [0.2, 0.25) is 0 Å². The fraction of sp³-hybridized carbons (Fsp3) is 0.529. The Morgan fingerprint density at radius 3 is 2.78 bits per heavy atom. The van der Waals surface area contributed by atoms with E-state index in [0.717, 1.165) is 37.0 Å². The number of aromatic amines is 1. The van der Waals surface area contributed by atoms with Crippen molar-refractivity contribution in [3.8, 4) is 0 Å². The molecule has 3 heterocycles. The van der Waals surface area contributed by atoms with E-state index in [0.29, 0.717) is 11.7 Å². The molecular formula is C17H25N5O. The van der Waals surface area contributed by atoms with Crippen LogP contribution in [-0.2, 0) is 0 Å². The van der Waals surface area contributed by atoms with Crippen LogP contribution >= 0.6 is 0 Å². The lowest BCUT2D eigenvalue weighted by Crippen LogP contribution is -2.34.